The molecule has 22 heavy (non-hydrogen) atoms. The Labute approximate surface area is 132 Å². The largest absolute Gasteiger partial charge is 0.480 e. The highest BCUT2D eigenvalue weighted by molar-refractivity contribution is 6.32. The van der Waals surface area contributed by atoms with Crippen molar-refractivity contribution in [1.82, 2.24) is 4.90 Å². The molecule has 122 valence electrons. The van der Waals surface area contributed by atoms with E-state index in [0.29, 0.717) is 0 Å². The molecule has 0 heterocycles. The van der Waals surface area contributed by atoms with Crippen LogP contribution < -0.4 is 4.74 Å². The maximum atomic E-state index is 13.0. The summed E-state index contributed by atoms with van der Waals surface area (Å²) >= 11 is 5.82. The van der Waals surface area contributed by atoms with Crippen molar-refractivity contribution in [3.63, 3.8) is 0 Å². The third-order valence-electron chi connectivity index (χ3n) is 2.75. The summed E-state index contributed by atoms with van der Waals surface area (Å²) in [6.07, 6.45) is -0.973. The molecule has 0 aliphatic rings. The number of nitrogens with zero attached hydrogens (tertiary/aromatic N) is 1. The van der Waals surface area contributed by atoms with Crippen molar-refractivity contribution in [3.8, 4) is 5.75 Å². The Hall–Kier alpha value is -1.86. The van der Waals surface area contributed by atoms with Crippen molar-refractivity contribution in [2.45, 2.75) is 13.0 Å². The zero-order valence-electron chi connectivity index (χ0n) is 12.2. The van der Waals surface area contributed by atoms with Crippen LogP contribution in [-0.4, -0.2) is 54.8 Å². The molecule has 0 saturated carbocycles. The summed E-state index contributed by atoms with van der Waals surface area (Å²) in [4.78, 5) is 24.1. The lowest BCUT2D eigenvalue weighted by Gasteiger charge is -2.24. The van der Waals surface area contributed by atoms with Gasteiger partial charge in [0.05, 0.1) is 11.6 Å². The highest BCUT2D eigenvalue weighted by Gasteiger charge is 2.24. The number of carboxylic acid groups (broad SMARTS) is 1. The van der Waals surface area contributed by atoms with Crippen LogP contribution in [0.1, 0.15) is 6.92 Å². The summed E-state index contributed by atoms with van der Waals surface area (Å²) in [5, 5.41) is 8.87. The Morgan fingerprint density at radius 3 is 2.68 bits per heavy atom. The zero-order chi connectivity index (χ0) is 16.7. The van der Waals surface area contributed by atoms with Gasteiger partial charge in [0.15, 0.2) is 6.10 Å². The maximum Gasteiger partial charge on any atom is 0.323 e. The lowest BCUT2D eigenvalue weighted by molar-refractivity contribution is -0.148. The van der Waals surface area contributed by atoms with Crippen molar-refractivity contribution in [2.75, 3.05) is 26.8 Å². The second kappa shape index (κ2) is 8.55. The van der Waals surface area contributed by atoms with Gasteiger partial charge in [0.2, 0.25) is 0 Å². The molecule has 0 bridgehead atoms. The van der Waals surface area contributed by atoms with Crippen LogP contribution in [0, 0.1) is 5.82 Å². The van der Waals surface area contributed by atoms with Crippen molar-refractivity contribution in [2.24, 2.45) is 0 Å². The van der Waals surface area contributed by atoms with Crippen LogP contribution in [0.15, 0.2) is 18.2 Å². The van der Waals surface area contributed by atoms with E-state index in [1.165, 1.54) is 20.1 Å². The van der Waals surface area contributed by atoms with Gasteiger partial charge in [0, 0.05) is 13.7 Å². The Kier molecular flexibility index (Phi) is 7.07. The van der Waals surface area contributed by atoms with Gasteiger partial charge in [-0.15, -0.1) is 0 Å². The van der Waals surface area contributed by atoms with E-state index >= 15 is 0 Å². The molecule has 0 aliphatic carbocycles. The minimum atomic E-state index is -1.14. The Morgan fingerprint density at radius 1 is 1.45 bits per heavy atom. The van der Waals surface area contributed by atoms with Gasteiger partial charge in [-0.2, -0.15) is 0 Å². The van der Waals surface area contributed by atoms with E-state index in [-0.39, 0.29) is 23.9 Å². The van der Waals surface area contributed by atoms with Gasteiger partial charge in [-0.3, -0.25) is 9.59 Å². The fourth-order valence-electron chi connectivity index (χ4n) is 1.70. The molecule has 0 aromatic heterocycles. The summed E-state index contributed by atoms with van der Waals surface area (Å²) in [5.41, 5.74) is 0. The summed E-state index contributed by atoms with van der Waals surface area (Å²) in [6, 6.07) is 3.52. The molecule has 0 radical (unpaired) electrons. The molecule has 1 unspecified atom stereocenters. The standard InChI is InChI=1S/C14H17ClFNO5/c1-9(22-12-4-3-10(16)7-11(12)15)14(20)17(5-6-21-2)8-13(18)19/h3-4,7,9H,5-6,8H2,1-2H3,(H,18,19). The molecule has 1 amide bonds. The lowest BCUT2D eigenvalue weighted by Crippen LogP contribution is -2.44. The molecule has 8 heteroatoms. The first kappa shape index (κ1) is 18.2. The third-order valence-corrected chi connectivity index (χ3v) is 3.04. The number of amides is 1. The highest BCUT2D eigenvalue weighted by atomic mass is 35.5. The fourth-order valence-corrected chi connectivity index (χ4v) is 1.91. The predicted octanol–water partition coefficient (Wildman–Crippen LogP) is 1.81. The molecule has 0 fully saturated rings. The van der Waals surface area contributed by atoms with E-state index in [1.807, 2.05) is 0 Å². The monoisotopic (exact) mass is 333 g/mol. The number of hydrogen-bond donors (Lipinski definition) is 1. The van der Waals surface area contributed by atoms with Gasteiger partial charge in [0.25, 0.3) is 5.91 Å². The molecule has 1 N–H and O–H groups in total. The van der Waals surface area contributed by atoms with Gasteiger partial charge in [0.1, 0.15) is 18.1 Å². The molecular weight excluding hydrogens is 317 g/mol. The first-order valence-corrected chi connectivity index (χ1v) is 6.84. The molecular formula is C14H17ClFNO5. The van der Waals surface area contributed by atoms with Crippen LogP contribution >= 0.6 is 11.6 Å². The predicted molar refractivity (Wildman–Crippen MR) is 77.6 cm³/mol. The number of carbonyl (C=O) groups excluding carboxylic acids is 1. The van der Waals surface area contributed by atoms with Gasteiger partial charge in [-0.1, -0.05) is 11.6 Å². The van der Waals surface area contributed by atoms with Crippen molar-refractivity contribution in [1.29, 1.82) is 0 Å². The Bertz CT molecular complexity index is 540. The quantitative estimate of drug-likeness (QED) is 0.785. The molecule has 1 atom stereocenters. The number of rotatable bonds is 8. The number of ether oxygens (including phenoxy) is 2. The first-order valence-electron chi connectivity index (χ1n) is 6.46. The highest BCUT2D eigenvalue weighted by Crippen LogP contribution is 2.26. The molecule has 0 spiro atoms. The minimum Gasteiger partial charge on any atom is -0.480 e. The van der Waals surface area contributed by atoms with Gasteiger partial charge < -0.3 is 19.5 Å². The zero-order valence-corrected chi connectivity index (χ0v) is 13.0. The smallest absolute Gasteiger partial charge is 0.323 e. The molecule has 1 rings (SSSR count). The summed E-state index contributed by atoms with van der Waals surface area (Å²) in [5.74, 6) is -2.05. The second-order valence-corrected chi connectivity index (χ2v) is 4.89. The minimum absolute atomic E-state index is 0.0290. The first-order chi connectivity index (χ1) is 10.3. The van der Waals surface area contributed by atoms with Crippen LogP contribution in [-0.2, 0) is 14.3 Å². The van der Waals surface area contributed by atoms with E-state index in [0.717, 1.165) is 17.0 Å². The van der Waals surface area contributed by atoms with Gasteiger partial charge in [-0.25, -0.2) is 4.39 Å². The van der Waals surface area contributed by atoms with E-state index in [1.54, 1.807) is 0 Å². The topological polar surface area (TPSA) is 76.1 Å². The number of halogens is 2. The number of carbonyl (C=O) groups is 2. The van der Waals surface area contributed by atoms with Crippen LogP contribution in [0.2, 0.25) is 5.02 Å². The van der Waals surface area contributed by atoms with Gasteiger partial charge in [-0.05, 0) is 25.1 Å². The van der Waals surface area contributed by atoms with Gasteiger partial charge >= 0.3 is 5.97 Å². The van der Waals surface area contributed by atoms with Crippen molar-refractivity contribution in [3.05, 3.63) is 29.0 Å². The average molecular weight is 334 g/mol. The molecule has 0 saturated heterocycles. The van der Waals surface area contributed by atoms with E-state index in [4.69, 9.17) is 26.2 Å². The van der Waals surface area contributed by atoms with Crippen molar-refractivity contribution >= 4 is 23.5 Å². The number of benzene rings is 1. The number of aliphatic carboxylic acids is 1. The van der Waals surface area contributed by atoms with E-state index < -0.39 is 30.3 Å². The number of carboxylic acids is 1. The third kappa shape index (κ3) is 5.50. The lowest BCUT2D eigenvalue weighted by atomic mass is 10.3. The normalized spacial score (nSPS) is 11.8. The SMILES string of the molecule is COCCN(CC(=O)O)C(=O)C(C)Oc1ccc(F)cc1Cl. The van der Waals surface area contributed by atoms with Crippen LogP contribution in [0.4, 0.5) is 4.39 Å². The summed E-state index contributed by atoms with van der Waals surface area (Å²) < 4.78 is 23.2. The van der Waals surface area contributed by atoms with E-state index in [9.17, 15) is 14.0 Å². The van der Waals surface area contributed by atoms with Crippen LogP contribution in [0.5, 0.6) is 5.75 Å². The van der Waals surface area contributed by atoms with Crippen LogP contribution in [0.25, 0.3) is 0 Å². The molecule has 6 nitrogen and oxygen atoms in total. The summed E-state index contributed by atoms with van der Waals surface area (Å²) in [6.45, 7) is 1.31. The fraction of sp³-hybridized carbons (Fsp3) is 0.429. The number of methoxy groups -OCH3 is 1. The number of hydrogen-bond acceptors (Lipinski definition) is 4. The Balaban J connectivity index is 2.77. The maximum absolute atomic E-state index is 13.0. The molecule has 1 aromatic rings. The van der Waals surface area contributed by atoms with Crippen LogP contribution in [0.3, 0.4) is 0 Å². The molecule has 0 aliphatic heterocycles. The summed E-state index contributed by atoms with van der Waals surface area (Å²) in [7, 11) is 1.45. The van der Waals surface area contributed by atoms with E-state index in [2.05, 4.69) is 0 Å². The molecule has 1 aromatic carbocycles. The average Bonchev–Trinajstić information content (AvgIpc) is 2.45. The second-order valence-electron chi connectivity index (χ2n) is 4.48. The Morgan fingerprint density at radius 2 is 2.14 bits per heavy atom. The van der Waals surface area contributed by atoms with Crippen molar-refractivity contribution < 1.29 is 28.6 Å².